The minimum absolute atomic E-state index is 0.117. The predicted octanol–water partition coefficient (Wildman–Crippen LogP) is 3.40. The van der Waals surface area contributed by atoms with Crippen LogP contribution in [0.4, 0.5) is 4.79 Å². The largest absolute Gasteiger partial charge is 0.479 e. The number of carboxylic acid groups (broad SMARTS) is 1. The fourth-order valence-corrected chi connectivity index (χ4v) is 4.15. The molecule has 0 bridgehead atoms. The first-order chi connectivity index (χ1) is 16.4. The molecule has 0 saturated heterocycles. The van der Waals surface area contributed by atoms with Gasteiger partial charge in [0.15, 0.2) is 6.04 Å². The van der Waals surface area contributed by atoms with E-state index in [1.807, 2.05) is 13.8 Å². The summed E-state index contributed by atoms with van der Waals surface area (Å²) in [4.78, 5) is 49.2. The molecule has 2 atom stereocenters. The first-order valence-electron chi connectivity index (χ1n) is 12.2. The molecule has 1 aliphatic carbocycles. The molecule has 2 rings (SSSR count). The lowest BCUT2D eigenvalue weighted by Gasteiger charge is -2.30. The van der Waals surface area contributed by atoms with Gasteiger partial charge in [-0.05, 0) is 63.9 Å². The maximum atomic E-state index is 12.7. The summed E-state index contributed by atoms with van der Waals surface area (Å²) in [6.45, 7) is 9.44. The Morgan fingerprint density at radius 1 is 1.00 bits per heavy atom. The number of hydrogen-bond acceptors (Lipinski definition) is 5. The van der Waals surface area contributed by atoms with Gasteiger partial charge in [0.05, 0.1) is 0 Å². The quantitative estimate of drug-likeness (QED) is 0.420. The van der Waals surface area contributed by atoms with Crippen molar-refractivity contribution in [3.05, 3.63) is 35.9 Å². The van der Waals surface area contributed by atoms with Gasteiger partial charge in [0.2, 0.25) is 11.8 Å². The third-order valence-electron chi connectivity index (χ3n) is 6.07. The number of rotatable bonds is 9. The zero-order valence-corrected chi connectivity index (χ0v) is 21.3. The first kappa shape index (κ1) is 28.1. The summed E-state index contributed by atoms with van der Waals surface area (Å²) >= 11 is 0. The van der Waals surface area contributed by atoms with Crippen LogP contribution in [0.3, 0.4) is 0 Å². The molecular weight excluding hydrogens is 450 g/mol. The lowest BCUT2D eigenvalue weighted by molar-refractivity contribution is -0.143. The second-order valence-corrected chi connectivity index (χ2v) is 10.5. The van der Waals surface area contributed by atoms with Gasteiger partial charge in [-0.3, -0.25) is 9.59 Å². The maximum Gasteiger partial charge on any atom is 0.408 e. The highest BCUT2D eigenvalue weighted by Gasteiger charge is 2.31. The van der Waals surface area contributed by atoms with Crippen LogP contribution in [-0.2, 0) is 19.1 Å². The van der Waals surface area contributed by atoms with E-state index in [9.17, 15) is 24.3 Å². The van der Waals surface area contributed by atoms with E-state index in [2.05, 4.69) is 16.0 Å². The van der Waals surface area contributed by atoms with Crippen LogP contribution < -0.4 is 16.0 Å². The van der Waals surface area contributed by atoms with Crippen LogP contribution in [0.1, 0.15) is 71.9 Å². The summed E-state index contributed by atoms with van der Waals surface area (Å²) < 4.78 is 5.26. The highest BCUT2D eigenvalue weighted by atomic mass is 16.6. The van der Waals surface area contributed by atoms with Crippen LogP contribution in [0.25, 0.3) is 0 Å². The number of carbonyl (C=O) groups excluding carboxylic acids is 3. The SMILES string of the molecule is CC(C)C(NC(=O)OC(C)(C)C)C(=O)NCC1CCC(C(=O)NC(C(=O)O)c2ccccc2)CC1. The van der Waals surface area contributed by atoms with Gasteiger partial charge in [-0.15, -0.1) is 0 Å². The van der Waals surface area contributed by atoms with Gasteiger partial charge in [0.1, 0.15) is 11.6 Å². The molecule has 1 fully saturated rings. The van der Waals surface area contributed by atoms with E-state index in [1.54, 1.807) is 51.1 Å². The third kappa shape index (κ3) is 9.22. The van der Waals surface area contributed by atoms with Crippen LogP contribution in [-0.4, -0.2) is 47.2 Å². The number of amides is 3. The lowest BCUT2D eigenvalue weighted by Crippen LogP contribution is -2.51. The zero-order chi connectivity index (χ0) is 26.2. The number of nitrogens with one attached hydrogen (secondary N) is 3. The molecule has 0 spiro atoms. The Kier molecular flexibility index (Phi) is 10.1. The van der Waals surface area contributed by atoms with Gasteiger partial charge in [0, 0.05) is 12.5 Å². The van der Waals surface area contributed by atoms with Crippen LogP contribution in [0, 0.1) is 17.8 Å². The third-order valence-corrected chi connectivity index (χ3v) is 6.07. The van der Waals surface area contributed by atoms with Crippen LogP contribution in [0.5, 0.6) is 0 Å². The maximum absolute atomic E-state index is 12.7. The normalized spacial score (nSPS) is 19.8. The van der Waals surface area contributed by atoms with Crippen molar-refractivity contribution in [1.82, 2.24) is 16.0 Å². The van der Waals surface area contributed by atoms with Gasteiger partial charge in [0.25, 0.3) is 0 Å². The second-order valence-electron chi connectivity index (χ2n) is 10.5. The Hall–Kier alpha value is -3.10. The number of aliphatic carboxylic acids is 1. The number of carbonyl (C=O) groups is 4. The van der Waals surface area contributed by atoms with E-state index in [0.29, 0.717) is 24.9 Å². The van der Waals surface area contributed by atoms with Crippen molar-refractivity contribution in [2.24, 2.45) is 17.8 Å². The van der Waals surface area contributed by atoms with E-state index >= 15 is 0 Å². The Bertz CT molecular complexity index is 873. The van der Waals surface area contributed by atoms with Gasteiger partial charge < -0.3 is 25.8 Å². The van der Waals surface area contributed by atoms with Crippen molar-refractivity contribution in [2.75, 3.05) is 6.54 Å². The molecule has 194 valence electrons. The Balaban J connectivity index is 1.82. The Morgan fingerprint density at radius 2 is 1.60 bits per heavy atom. The van der Waals surface area contributed by atoms with Crippen LogP contribution >= 0.6 is 0 Å². The predicted molar refractivity (Wildman–Crippen MR) is 131 cm³/mol. The molecule has 1 saturated carbocycles. The molecule has 1 aromatic rings. The molecular formula is C26H39N3O6. The van der Waals surface area contributed by atoms with Crippen molar-refractivity contribution < 1.29 is 29.0 Å². The monoisotopic (exact) mass is 489 g/mol. The summed E-state index contributed by atoms with van der Waals surface area (Å²) in [6.07, 6.45) is 2.10. The van der Waals surface area contributed by atoms with Gasteiger partial charge >= 0.3 is 12.1 Å². The lowest BCUT2D eigenvalue weighted by atomic mass is 9.81. The summed E-state index contributed by atoms with van der Waals surface area (Å²) in [5.74, 6) is -1.79. The molecule has 0 aliphatic heterocycles. The van der Waals surface area contributed by atoms with E-state index < -0.39 is 29.7 Å². The van der Waals surface area contributed by atoms with Crippen LogP contribution in [0.15, 0.2) is 30.3 Å². The second kappa shape index (κ2) is 12.6. The van der Waals surface area contributed by atoms with Crippen molar-refractivity contribution in [2.45, 2.75) is 78.0 Å². The van der Waals surface area contributed by atoms with Crippen molar-refractivity contribution in [1.29, 1.82) is 0 Å². The van der Waals surface area contributed by atoms with Gasteiger partial charge in [-0.2, -0.15) is 0 Å². The average molecular weight is 490 g/mol. The molecule has 2 unspecified atom stereocenters. The highest BCUT2D eigenvalue weighted by Crippen LogP contribution is 2.29. The molecule has 1 aromatic carbocycles. The molecule has 35 heavy (non-hydrogen) atoms. The summed E-state index contributed by atoms with van der Waals surface area (Å²) in [6, 6.07) is 6.85. The molecule has 0 heterocycles. The molecule has 9 nitrogen and oxygen atoms in total. The molecule has 3 amide bonds. The number of hydrogen-bond donors (Lipinski definition) is 4. The number of carboxylic acids is 1. The average Bonchev–Trinajstić information content (AvgIpc) is 2.78. The summed E-state index contributed by atoms with van der Waals surface area (Å²) in [7, 11) is 0. The first-order valence-corrected chi connectivity index (χ1v) is 12.2. The number of ether oxygens (including phenoxy) is 1. The van der Waals surface area contributed by atoms with Gasteiger partial charge in [-0.1, -0.05) is 44.2 Å². The number of benzene rings is 1. The topological polar surface area (TPSA) is 134 Å². The van der Waals surface area contributed by atoms with Crippen LogP contribution in [0.2, 0.25) is 0 Å². The molecule has 9 heteroatoms. The molecule has 1 aliphatic rings. The fraction of sp³-hybridized carbons (Fsp3) is 0.615. The van der Waals surface area contributed by atoms with E-state index in [1.165, 1.54) is 0 Å². The summed E-state index contributed by atoms with van der Waals surface area (Å²) in [5, 5.41) is 17.8. The van der Waals surface area contributed by atoms with Crippen molar-refractivity contribution in [3.8, 4) is 0 Å². The number of alkyl carbamates (subject to hydrolysis) is 1. The Labute approximate surface area is 207 Å². The summed E-state index contributed by atoms with van der Waals surface area (Å²) in [5.41, 5.74) is -0.122. The molecule has 4 N–H and O–H groups in total. The van der Waals surface area contributed by atoms with Crippen molar-refractivity contribution >= 4 is 23.9 Å². The van der Waals surface area contributed by atoms with Crippen molar-refractivity contribution in [3.63, 3.8) is 0 Å². The Morgan fingerprint density at radius 3 is 2.11 bits per heavy atom. The van der Waals surface area contributed by atoms with E-state index in [-0.39, 0.29) is 29.6 Å². The highest BCUT2D eigenvalue weighted by molar-refractivity contribution is 5.86. The van der Waals surface area contributed by atoms with E-state index in [4.69, 9.17) is 4.74 Å². The smallest absolute Gasteiger partial charge is 0.408 e. The molecule has 0 aromatic heterocycles. The minimum atomic E-state index is -1.10. The zero-order valence-electron chi connectivity index (χ0n) is 21.3. The standard InChI is InChI=1S/C26H39N3O6/c1-16(2)20(29-25(34)35-26(3,4)5)23(31)27-15-17-11-13-19(14-12-17)22(30)28-21(24(32)33)18-9-7-6-8-10-18/h6-10,16-17,19-21H,11-15H2,1-5H3,(H,27,31)(H,28,30)(H,29,34)(H,32,33). The van der Waals surface area contributed by atoms with Gasteiger partial charge in [-0.25, -0.2) is 9.59 Å². The molecule has 0 radical (unpaired) electrons. The van der Waals surface area contributed by atoms with E-state index in [0.717, 1.165) is 12.8 Å². The fourth-order valence-electron chi connectivity index (χ4n) is 4.15. The minimum Gasteiger partial charge on any atom is -0.479 e.